The van der Waals surface area contributed by atoms with E-state index >= 15 is 0 Å². The second-order valence-corrected chi connectivity index (χ2v) is 5.77. The highest BCUT2D eigenvalue weighted by Gasteiger charge is 2.11. The molecular weight excluding hydrogens is 386 g/mol. The minimum Gasteiger partial charge on any atom is -0.477 e. The first-order valence-electron chi connectivity index (χ1n) is 8.60. The number of rotatable bonds is 4. The van der Waals surface area contributed by atoms with E-state index in [1.54, 1.807) is 4.57 Å². The second-order valence-electron chi connectivity index (χ2n) is 5.77. The fourth-order valence-corrected chi connectivity index (χ4v) is 2.59. The van der Waals surface area contributed by atoms with Crippen molar-refractivity contribution in [2.24, 2.45) is 5.11 Å². The Bertz CT molecular complexity index is 1190. The van der Waals surface area contributed by atoms with E-state index in [4.69, 9.17) is 10.6 Å². The van der Waals surface area contributed by atoms with Crippen LogP contribution in [-0.4, -0.2) is 36.1 Å². The molecule has 2 heterocycles. The second kappa shape index (κ2) is 9.49. The molecule has 0 atom stereocenters. The lowest BCUT2D eigenvalue weighted by Gasteiger charge is -2.04. The number of aromatic carboxylic acids is 1. The van der Waals surface area contributed by atoms with Crippen LogP contribution in [0.4, 0.5) is 0 Å². The Balaban J connectivity index is 0.000000172. The van der Waals surface area contributed by atoms with Crippen molar-refractivity contribution in [1.82, 2.24) is 19.1 Å². The number of azide groups is 1. The number of para-hydroxylation sites is 2. The molecule has 4 rings (SSSR count). The fourth-order valence-electron chi connectivity index (χ4n) is 2.59. The van der Waals surface area contributed by atoms with Crippen molar-refractivity contribution in [3.05, 3.63) is 108 Å². The van der Waals surface area contributed by atoms with Gasteiger partial charge >= 0.3 is 5.97 Å². The van der Waals surface area contributed by atoms with Gasteiger partial charge in [-0.25, -0.2) is 14.8 Å². The minimum atomic E-state index is -0.980. The van der Waals surface area contributed by atoms with Crippen LogP contribution >= 0.6 is 0 Å². The third-order valence-electron chi connectivity index (χ3n) is 3.92. The Morgan fingerprint density at radius 3 is 1.77 bits per heavy atom. The van der Waals surface area contributed by atoms with E-state index in [1.807, 2.05) is 60.7 Å². The molecule has 4 aromatic rings. The van der Waals surface area contributed by atoms with Gasteiger partial charge in [-0.1, -0.05) is 36.4 Å². The number of benzene rings is 2. The molecule has 1 amide bonds. The largest absolute Gasteiger partial charge is 0.477 e. The summed E-state index contributed by atoms with van der Waals surface area (Å²) in [7, 11) is 0. The summed E-state index contributed by atoms with van der Waals surface area (Å²) in [5.74, 6) is -1.63. The smallest absolute Gasteiger partial charge is 0.354 e. The normalized spacial score (nSPS) is 9.73. The fraction of sp³-hybridized carbons (Fsp3) is 0. The van der Waals surface area contributed by atoms with E-state index in [9.17, 15) is 9.59 Å². The number of nitrogens with zero attached hydrogens (tertiary/aromatic N) is 7. The maximum absolute atomic E-state index is 11.4. The Kier molecular flexibility index (Phi) is 6.34. The number of hydrogen-bond acceptors (Lipinski definition) is 4. The molecular formula is C20H15N7O3. The number of carboxylic acids is 1. The quantitative estimate of drug-likeness (QED) is 0.314. The molecule has 0 saturated carbocycles. The van der Waals surface area contributed by atoms with Gasteiger partial charge in [0.05, 0.1) is 25.0 Å². The van der Waals surface area contributed by atoms with Gasteiger partial charge in [0.15, 0.2) is 5.69 Å². The van der Waals surface area contributed by atoms with Crippen LogP contribution in [0.1, 0.15) is 21.0 Å². The number of hydrogen-bond donors (Lipinski definition) is 1. The highest BCUT2D eigenvalue weighted by molar-refractivity contribution is 5.93. The van der Waals surface area contributed by atoms with Gasteiger partial charge in [0.1, 0.15) is 5.69 Å². The monoisotopic (exact) mass is 401 g/mol. The number of carbonyl (C=O) groups excluding carboxylic acids is 1. The maximum atomic E-state index is 11.4. The number of amides is 1. The number of imidazole rings is 2. The van der Waals surface area contributed by atoms with Gasteiger partial charge in [-0.3, -0.25) is 13.9 Å². The van der Waals surface area contributed by atoms with E-state index < -0.39 is 11.9 Å². The molecule has 0 aliphatic carbocycles. The third kappa shape index (κ3) is 4.58. The van der Waals surface area contributed by atoms with Crippen molar-refractivity contribution < 1.29 is 14.7 Å². The SMILES string of the molecule is O=C(O)c1cncn1-c1ccccc1.[N-]=[N+]=NC(=O)c1cncn1-c1ccccc1. The summed E-state index contributed by atoms with van der Waals surface area (Å²) in [4.78, 5) is 32.3. The highest BCUT2D eigenvalue weighted by Crippen LogP contribution is 2.12. The zero-order valence-corrected chi connectivity index (χ0v) is 15.5. The number of carbonyl (C=O) groups is 2. The molecule has 1 N–H and O–H groups in total. The lowest BCUT2D eigenvalue weighted by atomic mass is 10.3. The summed E-state index contributed by atoms with van der Waals surface area (Å²) in [5, 5.41) is 11.9. The predicted molar refractivity (Wildman–Crippen MR) is 108 cm³/mol. The number of aromatic nitrogens is 4. The topological polar surface area (TPSA) is 139 Å². The molecule has 10 heteroatoms. The van der Waals surface area contributed by atoms with Crippen LogP contribution in [0.15, 0.2) is 90.8 Å². The zero-order valence-electron chi connectivity index (χ0n) is 15.5. The van der Waals surface area contributed by atoms with Gasteiger partial charge in [-0.15, -0.1) is 0 Å². The molecule has 0 aliphatic heterocycles. The van der Waals surface area contributed by atoms with Crippen LogP contribution in [-0.2, 0) is 0 Å². The molecule has 0 spiro atoms. The van der Waals surface area contributed by atoms with Gasteiger partial charge in [0.2, 0.25) is 0 Å². The lowest BCUT2D eigenvalue weighted by Crippen LogP contribution is -2.05. The summed E-state index contributed by atoms with van der Waals surface area (Å²) in [6, 6.07) is 18.4. The van der Waals surface area contributed by atoms with Gasteiger partial charge < -0.3 is 5.11 Å². The first-order chi connectivity index (χ1) is 14.6. The lowest BCUT2D eigenvalue weighted by molar-refractivity contribution is 0.0688. The average molecular weight is 401 g/mol. The molecule has 0 aliphatic rings. The predicted octanol–water partition coefficient (Wildman–Crippen LogP) is 3.89. The molecule has 2 aromatic carbocycles. The molecule has 30 heavy (non-hydrogen) atoms. The summed E-state index contributed by atoms with van der Waals surface area (Å²) >= 11 is 0. The van der Waals surface area contributed by atoms with Crippen LogP contribution in [0.2, 0.25) is 0 Å². The first-order valence-corrected chi connectivity index (χ1v) is 8.60. The van der Waals surface area contributed by atoms with Crippen molar-refractivity contribution in [3.8, 4) is 11.4 Å². The van der Waals surface area contributed by atoms with Gasteiger partial charge in [0, 0.05) is 16.3 Å². The van der Waals surface area contributed by atoms with Crippen LogP contribution in [0.3, 0.4) is 0 Å². The third-order valence-corrected chi connectivity index (χ3v) is 3.92. The van der Waals surface area contributed by atoms with Crippen molar-refractivity contribution in [2.45, 2.75) is 0 Å². The van der Waals surface area contributed by atoms with Crippen LogP contribution in [0, 0.1) is 0 Å². The van der Waals surface area contributed by atoms with E-state index in [-0.39, 0.29) is 11.4 Å². The van der Waals surface area contributed by atoms with Crippen LogP contribution < -0.4 is 0 Å². The molecule has 0 radical (unpaired) electrons. The van der Waals surface area contributed by atoms with E-state index in [2.05, 4.69) is 20.0 Å². The molecule has 148 valence electrons. The Morgan fingerprint density at radius 1 is 0.833 bits per heavy atom. The summed E-state index contributed by atoms with van der Waals surface area (Å²) < 4.78 is 3.10. The Labute approximate surface area is 170 Å². The Morgan fingerprint density at radius 2 is 1.30 bits per heavy atom. The van der Waals surface area contributed by atoms with Crippen molar-refractivity contribution in [1.29, 1.82) is 0 Å². The summed E-state index contributed by atoms with van der Waals surface area (Å²) in [5.41, 5.74) is 10.2. The average Bonchev–Trinajstić information content (AvgIpc) is 3.46. The summed E-state index contributed by atoms with van der Waals surface area (Å²) in [6.45, 7) is 0. The molecule has 0 fully saturated rings. The van der Waals surface area contributed by atoms with E-state index in [0.29, 0.717) is 0 Å². The van der Waals surface area contributed by atoms with Gasteiger partial charge in [-0.05, 0) is 34.9 Å². The molecule has 0 bridgehead atoms. The van der Waals surface area contributed by atoms with Crippen molar-refractivity contribution in [3.63, 3.8) is 0 Å². The molecule has 2 aromatic heterocycles. The van der Waals surface area contributed by atoms with Crippen LogP contribution in [0.5, 0.6) is 0 Å². The maximum Gasteiger partial charge on any atom is 0.354 e. The highest BCUT2D eigenvalue weighted by atomic mass is 16.4. The zero-order chi connectivity index (χ0) is 21.3. The van der Waals surface area contributed by atoms with E-state index in [0.717, 1.165) is 11.4 Å². The van der Waals surface area contributed by atoms with Gasteiger partial charge in [-0.2, -0.15) is 0 Å². The first kappa shape index (κ1) is 20.1. The molecule has 0 saturated heterocycles. The number of carboxylic acid groups (broad SMARTS) is 1. The standard InChI is InChI=1S/C10H7N5O.C10H8N2O2/c11-14-13-10(16)9-6-12-7-15(9)8-4-2-1-3-5-8;13-10(14)9-6-11-7-12(9)8-4-2-1-3-5-8/h1-7H;1-7H,(H,13,14). The summed E-state index contributed by atoms with van der Waals surface area (Å²) in [6.07, 6.45) is 5.67. The van der Waals surface area contributed by atoms with Crippen LogP contribution in [0.25, 0.3) is 21.8 Å². The van der Waals surface area contributed by atoms with E-state index in [1.165, 1.54) is 29.6 Å². The Hall–Kier alpha value is -4.69. The minimum absolute atomic E-state index is 0.163. The molecule has 0 unspecified atom stereocenters. The van der Waals surface area contributed by atoms with Crippen molar-refractivity contribution in [2.75, 3.05) is 0 Å². The molecule has 10 nitrogen and oxygen atoms in total. The van der Waals surface area contributed by atoms with Crippen molar-refractivity contribution >= 4 is 11.9 Å². The van der Waals surface area contributed by atoms with Gasteiger partial charge in [0.25, 0.3) is 5.91 Å².